The van der Waals surface area contributed by atoms with Crippen LogP contribution in [0.1, 0.15) is 26.5 Å². The van der Waals surface area contributed by atoms with Crippen LogP contribution in [0.5, 0.6) is 11.8 Å². The van der Waals surface area contributed by atoms with Crippen LogP contribution in [0.3, 0.4) is 0 Å². The third kappa shape index (κ3) is 5.06. The first-order valence-corrected chi connectivity index (χ1v) is 10.2. The molecule has 2 aromatic rings. The molecule has 0 radical (unpaired) electrons. The van der Waals surface area contributed by atoms with Gasteiger partial charge in [-0.15, -0.1) is 10.2 Å². The highest BCUT2D eigenvalue weighted by atomic mass is 35.5. The zero-order valence-corrected chi connectivity index (χ0v) is 18.1. The van der Waals surface area contributed by atoms with Gasteiger partial charge >= 0.3 is 6.18 Å². The molecule has 0 aromatic carbocycles. The number of rotatable bonds is 5. The molecule has 0 aliphatic carbocycles. The van der Waals surface area contributed by atoms with Crippen LogP contribution in [0.25, 0.3) is 0 Å². The molecule has 4 heterocycles. The summed E-state index contributed by atoms with van der Waals surface area (Å²) in [6, 6.07) is 6.48. The molecule has 2 saturated heterocycles. The smallest absolute Gasteiger partial charge is 0.433 e. The second-order valence-corrected chi connectivity index (χ2v) is 8.28. The number of pyridine rings is 1. The maximum Gasteiger partial charge on any atom is 0.433 e. The lowest BCUT2D eigenvalue weighted by molar-refractivity contribution is -0.182. The highest BCUT2D eigenvalue weighted by Gasteiger charge is 2.55. The van der Waals surface area contributed by atoms with Crippen molar-refractivity contribution in [2.24, 2.45) is 0 Å². The minimum atomic E-state index is -4.61. The molecule has 0 amide bonds. The molecule has 0 unspecified atom stereocenters. The molecule has 0 saturated carbocycles. The first kappa shape index (κ1) is 23.0. The van der Waals surface area contributed by atoms with E-state index in [-0.39, 0.29) is 29.6 Å². The maximum absolute atomic E-state index is 13.1. The van der Waals surface area contributed by atoms with Gasteiger partial charge in [0.2, 0.25) is 11.8 Å². The first-order chi connectivity index (χ1) is 15.0. The summed E-state index contributed by atoms with van der Waals surface area (Å²) in [6.45, 7) is 5.27. The van der Waals surface area contributed by atoms with Crippen LogP contribution in [0.4, 0.5) is 13.2 Å². The maximum atomic E-state index is 13.1. The number of hydrogen-bond donors (Lipinski definition) is 0. The van der Waals surface area contributed by atoms with Gasteiger partial charge in [0, 0.05) is 12.1 Å². The van der Waals surface area contributed by atoms with Crippen LogP contribution in [0, 0.1) is 0 Å². The lowest BCUT2D eigenvalue weighted by atomic mass is 9.96. The Morgan fingerprint density at radius 1 is 1.06 bits per heavy atom. The molecule has 0 bridgehead atoms. The fourth-order valence-electron chi connectivity index (χ4n) is 3.68. The SMILES string of the molecule is C[C@H]1O[C@H](COc2ccc(Cl)nn2)[C@H](Oc2cccc(C(F)(F)F)n2)[C@H]2OC(C)(C)O[C@H]21. The largest absolute Gasteiger partial charge is 0.474 e. The lowest BCUT2D eigenvalue weighted by Gasteiger charge is -2.40. The van der Waals surface area contributed by atoms with Gasteiger partial charge in [-0.25, -0.2) is 4.98 Å². The predicted octanol–water partition coefficient (Wildman–Crippen LogP) is 3.68. The summed E-state index contributed by atoms with van der Waals surface area (Å²) in [6.07, 6.45) is -7.71. The molecule has 0 N–H and O–H groups in total. The van der Waals surface area contributed by atoms with Crippen LogP contribution in [0.2, 0.25) is 5.15 Å². The minimum absolute atomic E-state index is 0.0305. The van der Waals surface area contributed by atoms with Crippen LogP contribution in [0.15, 0.2) is 30.3 Å². The molecule has 2 aliphatic heterocycles. The van der Waals surface area contributed by atoms with Crippen molar-refractivity contribution in [1.29, 1.82) is 0 Å². The van der Waals surface area contributed by atoms with Gasteiger partial charge in [-0.2, -0.15) is 13.2 Å². The normalized spacial score (nSPS) is 29.4. The highest BCUT2D eigenvalue weighted by molar-refractivity contribution is 6.29. The van der Waals surface area contributed by atoms with E-state index >= 15 is 0 Å². The molecular weight excluding hydrogens is 455 g/mol. The Kier molecular flexibility index (Phi) is 6.19. The van der Waals surface area contributed by atoms with E-state index in [2.05, 4.69) is 15.2 Å². The summed E-state index contributed by atoms with van der Waals surface area (Å²) in [4.78, 5) is 3.59. The lowest BCUT2D eigenvalue weighted by Crippen LogP contribution is -2.59. The van der Waals surface area contributed by atoms with Gasteiger partial charge in [0.1, 0.15) is 30.6 Å². The number of fused-ring (bicyclic) bond motifs is 1. The van der Waals surface area contributed by atoms with Crippen molar-refractivity contribution < 1.29 is 36.9 Å². The monoisotopic (exact) mass is 475 g/mol. The molecule has 2 aromatic heterocycles. The molecule has 2 fully saturated rings. The molecular formula is C20H21ClF3N3O5. The van der Waals surface area contributed by atoms with Gasteiger partial charge in [0.25, 0.3) is 0 Å². The number of alkyl halides is 3. The van der Waals surface area contributed by atoms with E-state index in [4.69, 9.17) is 35.3 Å². The van der Waals surface area contributed by atoms with E-state index in [1.54, 1.807) is 13.8 Å². The van der Waals surface area contributed by atoms with E-state index < -0.39 is 42.1 Å². The molecule has 0 spiro atoms. The highest BCUT2D eigenvalue weighted by Crippen LogP contribution is 2.39. The summed E-state index contributed by atoms with van der Waals surface area (Å²) < 4.78 is 68.8. The molecule has 174 valence electrons. The molecule has 2 aliphatic rings. The molecule has 32 heavy (non-hydrogen) atoms. The van der Waals surface area contributed by atoms with Crippen molar-refractivity contribution in [2.75, 3.05) is 6.61 Å². The third-order valence-electron chi connectivity index (χ3n) is 4.98. The Morgan fingerprint density at radius 3 is 2.50 bits per heavy atom. The summed E-state index contributed by atoms with van der Waals surface area (Å²) >= 11 is 5.73. The van der Waals surface area contributed by atoms with Gasteiger partial charge in [-0.3, -0.25) is 0 Å². The van der Waals surface area contributed by atoms with Gasteiger partial charge < -0.3 is 23.7 Å². The number of ether oxygens (including phenoxy) is 5. The zero-order valence-electron chi connectivity index (χ0n) is 17.4. The first-order valence-electron chi connectivity index (χ1n) is 9.86. The van der Waals surface area contributed by atoms with E-state index in [0.29, 0.717) is 0 Å². The van der Waals surface area contributed by atoms with E-state index in [1.807, 2.05) is 6.92 Å². The molecule has 8 nitrogen and oxygen atoms in total. The molecule has 5 atom stereocenters. The van der Waals surface area contributed by atoms with Crippen LogP contribution >= 0.6 is 11.6 Å². The Morgan fingerprint density at radius 2 is 1.81 bits per heavy atom. The summed E-state index contributed by atoms with van der Waals surface area (Å²) in [5.41, 5.74) is -1.06. The quantitative estimate of drug-likeness (QED) is 0.647. The van der Waals surface area contributed by atoms with Crippen molar-refractivity contribution in [1.82, 2.24) is 15.2 Å². The van der Waals surface area contributed by atoms with E-state index in [0.717, 1.165) is 6.07 Å². The Labute approximate surface area is 186 Å². The summed E-state index contributed by atoms with van der Waals surface area (Å²) in [7, 11) is 0. The summed E-state index contributed by atoms with van der Waals surface area (Å²) in [5, 5.41) is 7.74. The van der Waals surface area contributed by atoms with Crippen LogP contribution in [-0.2, 0) is 20.4 Å². The second-order valence-electron chi connectivity index (χ2n) is 7.89. The minimum Gasteiger partial charge on any atom is -0.474 e. The van der Waals surface area contributed by atoms with Gasteiger partial charge in [0.15, 0.2) is 17.0 Å². The Hall–Kier alpha value is -2.21. The summed E-state index contributed by atoms with van der Waals surface area (Å²) in [5.74, 6) is -0.938. The number of aromatic nitrogens is 3. The Bertz CT molecular complexity index is 947. The van der Waals surface area contributed by atoms with Crippen molar-refractivity contribution in [3.63, 3.8) is 0 Å². The van der Waals surface area contributed by atoms with Crippen molar-refractivity contribution in [3.8, 4) is 11.8 Å². The van der Waals surface area contributed by atoms with Crippen molar-refractivity contribution in [2.45, 2.75) is 63.3 Å². The average Bonchev–Trinajstić information content (AvgIpc) is 3.05. The number of nitrogens with zero attached hydrogens (tertiary/aromatic N) is 3. The Balaban J connectivity index is 1.58. The standard InChI is InChI=1S/C20H21ClF3N3O5/c1-10-16-18(32-19(2,3)31-16)17(30-14-6-4-5-12(25-14)20(22,23)24)11(29-10)9-28-15-8-7-13(21)26-27-15/h4-8,10-11,16-18H,9H2,1-3H3/t10-,11-,16+,17+,18+/m1/s1. The fourth-order valence-corrected chi connectivity index (χ4v) is 3.78. The van der Waals surface area contributed by atoms with Crippen LogP contribution in [-0.4, -0.2) is 58.1 Å². The van der Waals surface area contributed by atoms with Gasteiger partial charge in [-0.1, -0.05) is 17.7 Å². The average molecular weight is 476 g/mol. The van der Waals surface area contributed by atoms with E-state index in [1.165, 1.54) is 24.3 Å². The predicted molar refractivity (Wildman–Crippen MR) is 104 cm³/mol. The molecule has 12 heteroatoms. The van der Waals surface area contributed by atoms with Gasteiger partial charge in [0.05, 0.1) is 6.10 Å². The fraction of sp³-hybridized carbons (Fsp3) is 0.550. The topological polar surface area (TPSA) is 84.8 Å². The van der Waals surface area contributed by atoms with E-state index in [9.17, 15) is 13.2 Å². The van der Waals surface area contributed by atoms with Gasteiger partial charge in [-0.05, 0) is 32.9 Å². The second kappa shape index (κ2) is 8.62. The zero-order chi connectivity index (χ0) is 23.1. The number of hydrogen-bond acceptors (Lipinski definition) is 8. The van der Waals surface area contributed by atoms with Crippen molar-refractivity contribution >= 4 is 11.6 Å². The van der Waals surface area contributed by atoms with Crippen molar-refractivity contribution in [3.05, 3.63) is 41.2 Å². The third-order valence-corrected chi connectivity index (χ3v) is 5.18. The number of halogens is 4. The van der Waals surface area contributed by atoms with Crippen LogP contribution < -0.4 is 9.47 Å². The molecule has 4 rings (SSSR count).